The molecule has 2 N–H and O–H groups in total. The second kappa shape index (κ2) is 4.81. The van der Waals surface area contributed by atoms with Crippen molar-refractivity contribution in [3.63, 3.8) is 0 Å². The molecular formula is C12H11F3N2O. The molecule has 1 heterocycles. The molecule has 0 saturated heterocycles. The number of rotatable bonds is 3. The van der Waals surface area contributed by atoms with Crippen LogP contribution in [0.3, 0.4) is 0 Å². The zero-order valence-corrected chi connectivity index (χ0v) is 9.37. The first-order valence-corrected chi connectivity index (χ1v) is 5.33. The van der Waals surface area contributed by atoms with E-state index in [-0.39, 0.29) is 0 Å². The summed E-state index contributed by atoms with van der Waals surface area (Å²) in [6.45, 7) is 0.443. The van der Waals surface area contributed by atoms with E-state index in [2.05, 4.69) is 4.98 Å². The summed E-state index contributed by atoms with van der Waals surface area (Å²) in [5.41, 5.74) is 5.87. The lowest BCUT2D eigenvalue weighted by molar-refractivity contribution is -0.137. The highest BCUT2D eigenvalue weighted by molar-refractivity contribution is 5.53. The zero-order valence-electron chi connectivity index (χ0n) is 9.37. The number of hydrogen-bond donors (Lipinski definition) is 1. The van der Waals surface area contributed by atoms with E-state index in [0.29, 0.717) is 30.1 Å². The molecular weight excluding hydrogens is 245 g/mol. The number of nitrogens with zero attached hydrogens (tertiary/aromatic N) is 1. The third-order valence-electron chi connectivity index (χ3n) is 2.41. The van der Waals surface area contributed by atoms with Gasteiger partial charge in [-0.3, -0.25) is 0 Å². The maximum absolute atomic E-state index is 12.4. The summed E-state index contributed by atoms with van der Waals surface area (Å²) >= 11 is 0. The predicted octanol–water partition coefficient (Wildman–Crippen LogP) is 2.86. The number of hydrogen-bond acceptors (Lipinski definition) is 3. The fourth-order valence-corrected chi connectivity index (χ4v) is 1.50. The van der Waals surface area contributed by atoms with Crippen LogP contribution in [-0.4, -0.2) is 11.5 Å². The monoisotopic (exact) mass is 256 g/mol. The van der Waals surface area contributed by atoms with Crippen LogP contribution in [0.1, 0.15) is 11.3 Å². The number of benzene rings is 1. The second-order valence-electron chi connectivity index (χ2n) is 3.76. The van der Waals surface area contributed by atoms with Gasteiger partial charge in [-0.05, 0) is 30.8 Å². The number of nitrogens with two attached hydrogens (primary N) is 1. The van der Waals surface area contributed by atoms with Crippen molar-refractivity contribution in [3.8, 4) is 11.5 Å². The minimum absolute atomic E-state index is 0.298. The predicted molar refractivity (Wildman–Crippen MR) is 59.7 cm³/mol. The molecule has 0 bridgehead atoms. The summed E-state index contributed by atoms with van der Waals surface area (Å²) in [5, 5.41) is 0. The quantitative estimate of drug-likeness (QED) is 0.918. The zero-order chi connectivity index (χ0) is 13.2. The summed E-state index contributed by atoms with van der Waals surface area (Å²) in [5.74, 6) is 0.298. The van der Waals surface area contributed by atoms with Gasteiger partial charge in [-0.1, -0.05) is 0 Å². The van der Waals surface area contributed by atoms with Gasteiger partial charge in [0.05, 0.1) is 11.3 Å². The molecule has 18 heavy (non-hydrogen) atoms. The largest absolute Gasteiger partial charge is 0.444 e. The molecule has 0 spiro atoms. The van der Waals surface area contributed by atoms with E-state index in [9.17, 15) is 13.2 Å². The Morgan fingerprint density at radius 3 is 2.39 bits per heavy atom. The minimum atomic E-state index is -4.33. The highest BCUT2D eigenvalue weighted by Crippen LogP contribution is 2.30. The van der Waals surface area contributed by atoms with E-state index in [1.807, 2.05) is 0 Å². The average Bonchev–Trinajstić information content (AvgIpc) is 2.77. The van der Waals surface area contributed by atoms with Crippen LogP contribution < -0.4 is 5.73 Å². The molecule has 0 aliphatic carbocycles. The summed E-state index contributed by atoms with van der Waals surface area (Å²) in [7, 11) is 0. The number of alkyl halides is 3. The summed E-state index contributed by atoms with van der Waals surface area (Å²) in [6.07, 6.45) is -2.30. The first kappa shape index (κ1) is 12.6. The topological polar surface area (TPSA) is 52.0 Å². The van der Waals surface area contributed by atoms with E-state index in [0.717, 1.165) is 12.1 Å². The standard InChI is InChI=1S/C12H11F3N2O/c13-12(14,15)9-3-1-8(2-4-9)11-17-10(5-6-16)7-18-11/h1-4,7H,5-6,16H2. The van der Waals surface area contributed by atoms with Crippen molar-refractivity contribution in [1.29, 1.82) is 0 Å². The highest BCUT2D eigenvalue weighted by atomic mass is 19.4. The van der Waals surface area contributed by atoms with Gasteiger partial charge in [-0.15, -0.1) is 0 Å². The van der Waals surface area contributed by atoms with Gasteiger partial charge in [0.25, 0.3) is 0 Å². The number of halogens is 3. The molecule has 0 radical (unpaired) electrons. The molecule has 0 fully saturated rings. The maximum atomic E-state index is 12.4. The van der Waals surface area contributed by atoms with Crippen molar-refractivity contribution < 1.29 is 17.6 Å². The summed E-state index contributed by atoms with van der Waals surface area (Å²) in [6, 6.07) is 4.67. The Morgan fingerprint density at radius 1 is 1.17 bits per heavy atom. The van der Waals surface area contributed by atoms with Crippen molar-refractivity contribution >= 4 is 0 Å². The fourth-order valence-electron chi connectivity index (χ4n) is 1.50. The smallest absolute Gasteiger partial charge is 0.416 e. The Morgan fingerprint density at radius 2 is 1.83 bits per heavy atom. The van der Waals surface area contributed by atoms with E-state index >= 15 is 0 Å². The van der Waals surface area contributed by atoms with Crippen molar-refractivity contribution in [2.75, 3.05) is 6.54 Å². The Balaban J connectivity index is 2.23. The van der Waals surface area contributed by atoms with Crippen molar-refractivity contribution in [2.45, 2.75) is 12.6 Å². The van der Waals surface area contributed by atoms with Crippen LogP contribution in [0.15, 0.2) is 34.9 Å². The van der Waals surface area contributed by atoms with Gasteiger partial charge in [-0.25, -0.2) is 4.98 Å². The van der Waals surface area contributed by atoms with Gasteiger partial charge in [0.15, 0.2) is 0 Å². The van der Waals surface area contributed by atoms with Gasteiger partial charge in [0.2, 0.25) is 5.89 Å². The third-order valence-corrected chi connectivity index (χ3v) is 2.41. The molecule has 0 aliphatic rings. The minimum Gasteiger partial charge on any atom is -0.444 e. The van der Waals surface area contributed by atoms with Gasteiger partial charge < -0.3 is 10.2 Å². The first-order valence-electron chi connectivity index (χ1n) is 5.33. The maximum Gasteiger partial charge on any atom is 0.416 e. The molecule has 3 nitrogen and oxygen atoms in total. The van der Waals surface area contributed by atoms with E-state index in [1.165, 1.54) is 18.4 Å². The normalized spacial score (nSPS) is 11.8. The van der Waals surface area contributed by atoms with Gasteiger partial charge in [0.1, 0.15) is 6.26 Å². The van der Waals surface area contributed by atoms with Crippen LogP contribution in [0.4, 0.5) is 13.2 Å². The van der Waals surface area contributed by atoms with Crippen LogP contribution in [0.25, 0.3) is 11.5 Å². The molecule has 0 saturated carbocycles. The molecule has 0 aliphatic heterocycles. The Kier molecular flexibility index (Phi) is 3.38. The third kappa shape index (κ3) is 2.70. The average molecular weight is 256 g/mol. The van der Waals surface area contributed by atoms with Crippen LogP contribution in [0, 0.1) is 0 Å². The molecule has 6 heteroatoms. The molecule has 2 aromatic rings. The Hall–Kier alpha value is -1.82. The van der Waals surface area contributed by atoms with Crippen molar-refractivity contribution in [3.05, 3.63) is 41.8 Å². The summed E-state index contributed by atoms with van der Waals surface area (Å²) < 4.78 is 42.3. The Bertz CT molecular complexity index is 517. The van der Waals surface area contributed by atoms with Crippen LogP contribution in [0.2, 0.25) is 0 Å². The lowest BCUT2D eigenvalue weighted by Crippen LogP contribution is -2.04. The molecule has 0 atom stereocenters. The van der Waals surface area contributed by atoms with E-state index in [4.69, 9.17) is 10.2 Å². The Labute approximate surface area is 101 Å². The van der Waals surface area contributed by atoms with Crippen LogP contribution >= 0.6 is 0 Å². The first-order chi connectivity index (χ1) is 8.50. The molecule has 1 aromatic carbocycles. The lowest BCUT2D eigenvalue weighted by Gasteiger charge is -2.05. The molecule has 2 rings (SSSR count). The molecule has 0 amide bonds. The van der Waals surface area contributed by atoms with Crippen molar-refractivity contribution in [1.82, 2.24) is 4.98 Å². The highest BCUT2D eigenvalue weighted by Gasteiger charge is 2.30. The molecule has 1 aromatic heterocycles. The second-order valence-corrected chi connectivity index (χ2v) is 3.76. The molecule has 96 valence electrons. The van der Waals surface area contributed by atoms with Gasteiger partial charge >= 0.3 is 6.18 Å². The van der Waals surface area contributed by atoms with Crippen LogP contribution in [0.5, 0.6) is 0 Å². The van der Waals surface area contributed by atoms with E-state index in [1.54, 1.807) is 0 Å². The number of oxazole rings is 1. The van der Waals surface area contributed by atoms with E-state index < -0.39 is 11.7 Å². The van der Waals surface area contributed by atoms with Gasteiger partial charge in [0, 0.05) is 12.0 Å². The van der Waals surface area contributed by atoms with Gasteiger partial charge in [-0.2, -0.15) is 13.2 Å². The number of aromatic nitrogens is 1. The SMILES string of the molecule is NCCc1coc(-c2ccc(C(F)(F)F)cc2)n1. The molecule has 0 unspecified atom stereocenters. The fraction of sp³-hybridized carbons (Fsp3) is 0.250. The van der Waals surface area contributed by atoms with Crippen molar-refractivity contribution in [2.24, 2.45) is 5.73 Å². The lowest BCUT2D eigenvalue weighted by atomic mass is 10.1. The summed E-state index contributed by atoms with van der Waals surface area (Å²) in [4.78, 5) is 4.13. The van der Waals surface area contributed by atoms with Crippen LogP contribution in [-0.2, 0) is 12.6 Å².